The summed E-state index contributed by atoms with van der Waals surface area (Å²) in [6, 6.07) is 0. The van der Waals surface area contributed by atoms with Crippen molar-refractivity contribution in [1.82, 2.24) is 0 Å². The predicted octanol–water partition coefficient (Wildman–Crippen LogP) is 2.03. The SMILES string of the molecule is Cc1c2c(c(C(=O)[O-])c3c1SCS3)SCS2.OCCCO. The Morgan fingerprint density at radius 2 is 1.43 bits per heavy atom. The van der Waals surface area contributed by atoms with E-state index >= 15 is 0 Å². The molecular formula is C13H15O4S4-. The molecule has 4 nitrogen and oxygen atoms in total. The molecule has 2 aliphatic heterocycles. The van der Waals surface area contributed by atoms with Gasteiger partial charge in [0.25, 0.3) is 0 Å². The Balaban J connectivity index is 0.000000282. The number of hydrogen-bond acceptors (Lipinski definition) is 8. The zero-order valence-electron chi connectivity index (χ0n) is 11.4. The number of carboxylic acid groups (broad SMARTS) is 1. The summed E-state index contributed by atoms with van der Waals surface area (Å²) in [7, 11) is 0. The zero-order valence-corrected chi connectivity index (χ0v) is 14.6. The van der Waals surface area contributed by atoms with Crippen molar-refractivity contribution in [3.8, 4) is 0 Å². The van der Waals surface area contributed by atoms with E-state index in [-0.39, 0.29) is 13.2 Å². The molecule has 0 unspecified atom stereocenters. The molecule has 0 spiro atoms. The molecular weight excluding hydrogens is 348 g/mol. The van der Waals surface area contributed by atoms with Crippen molar-refractivity contribution in [3.63, 3.8) is 0 Å². The lowest BCUT2D eigenvalue weighted by Gasteiger charge is -2.15. The summed E-state index contributed by atoms with van der Waals surface area (Å²) in [4.78, 5) is 15.4. The summed E-state index contributed by atoms with van der Waals surface area (Å²) >= 11 is 6.73. The molecule has 116 valence electrons. The number of hydrogen-bond donors (Lipinski definition) is 2. The zero-order chi connectivity index (χ0) is 15.4. The summed E-state index contributed by atoms with van der Waals surface area (Å²) in [5, 5.41) is 28.9. The Morgan fingerprint density at radius 3 is 1.76 bits per heavy atom. The van der Waals surface area contributed by atoms with Gasteiger partial charge in [0.1, 0.15) is 0 Å². The fourth-order valence-electron chi connectivity index (χ4n) is 1.95. The lowest BCUT2D eigenvalue weighted by Crippen LogP contribution is -2.24. The lowest BCUT2D eigenvalue weighted by molar-refractivity contribution is -0.255. The van der Waals surface area contributed by atoms with Crippen molar-refractivity contribution in [2.24, 2.45) is 0 Å². The highest BCUT2D eigenvalue weighted by atomic mass is 32.2. The fraction of sp³-hybridized carbons (Fsp3) is 0.462. The van der Waals surface area contributed by atoms with E-state index in [0.29, 0.717) is 12.0 Å². The molecule has 8 heteroatoms. The van der Waals surface area contributed by atoms with Crippen LogP contribution in [-0.2, 0) is 0 Å². The van der Waals surface area contributed by atoms with E-state index in [1.54, 1.807) is 47.0 Å². The van der Waals surface area contributed by atoms with Crippen molar-refractivity contribution in [2.45, 2.75) is 32.9 Å². The summed E-state index contributed by atoms with van der Waals surface area (Å²) in [6.45, 7) is 2.28. The van der Waals surface area contributed by atoms with Crippen LogP contribution in [0.15, 0.2) is 19.6 Å². The quantitative estimate of drug-likeness (QED) is 0.844. The second-order valence-corrected chi connectivity index (χ2v) is 8.89. The van der Waals surface area contributed by atoms with Crippen LogP contribution in [-0.4, -0.2) is 39.6 Å². The third-order valence-electron chi connectivity index (χ3n) is 2.88. The average Bonchev–Trinajstić information content (AvgIpc) is 3.09. The van der Waals surface area contributed by atoms with E-state index in [0.717, 1.165) is 29.8 Å². The predicted molar refractivity (Wildman–Crippen MR) is 87.5 cm³/mol. The standard InChI is InChI=1S/C10H8O2S4.C3H8O2/c1-4-6-8(15-2-13-6)5(10(11)12)9-7(4)14-3-16-9;4-2-1-3-5/h2-3H2,1H3,(H,11,12);4-5H,1-3H2/p-1. The molecule has 0 amide bonds. The van der Waals surface area contributed by atoms with Gasteiger partial charge in [-0.2, -0.15) is 0 Å². The highest BCUT2D eigenvalue weighted by molar-refractivity contribution is 8.19. The summed E-state index contributed by atoms with van der Waals surface area (Å²) in [6.07, 6.45) is 0.500. The maximum atomic E-state index is 11.3. The van der Waals surface area contributed by atoms with Gasteiger partial charge in [0.2, 0.25) is 0 Å². The van der Waals surface area contributed by atoms with Gasteiger partial charge in [-0.15, -0.1) is 47.0 Å². The number of aromatic carboxylic acids is 1. The third-order valence-corrected chi connectivity index (χ3v) is 8.02. The second-order valence-electron chi connectivity index (χ2n) is 4.22. The van der Waals surface area contributed by atoms with E-state index in [4.69, 9.17) is 10.2 Å². The van der Waals surface area contributed by atoms with E-state index in [9.17, 15) is 9.90 Å². The first-order chi connectivity index (χ1) is 10.1. The maximum Gasteiger partial charge on any atom is 0.0738 e. The highest BCUT2D eigenvalue weighted by Gasteiger charge is 2.29. The molecule has 2 aliphatic rings. The van der Waals surface area contributed by atoms with E-state index in [2.05, 4.69) is 6.92 Å². The average molecular weight is 364 g/mol. The van der Waals surface area contributed by atoms with Crippen LogP contribution in [0.2, 0.25) is 0 Å². The van der Waals surface area contributed by atoms with Crippen LogP contribution in [0, 0.1) is 6.92 Å². The number of rotatable bonds is 3. The molecule has 0 aromatic heterocycles. The van der Waals surface area contributed by atoms with Crippen LogP contribution < -0.4 is 5.11 Å². The van der Waals surface area contributed by atoms with Crippen molar-refractivity contribution in [3.05, 3.63) is 11.1 Å². The first kappa shape index (κ1) is 17.4. The van der Waals surface area contributed by atoms with Gasteiger partial charge in [-0.05, 0) is 18.9 Å². The molecule has 0 saturated carbocycles. The van der Waals surface area contributed by atoms with Gasteiger partial charge >= 0.3 is 0 Å². The van der Waals surface area contributed by atoms with Gasteiger partial charge in [0.05, 0.1) is 5.97 Å². The molecule has 1 aromatic carbocycles. The van der Waals surface area contributed by atoms with Crippen LogP contribution in [0.25, 0.3) is 0 Å². The molecule has 3 rings (SSSR count). The lowest BCUT2D eigenvalue weighted by atomic mass is 10.1. The molecule has 1 aromatic rings. The van der Waals surface area contributed by atoms with Crippen LogP contribution in [0.5, 0.6) is 0 Å². The van der Waals surface area contributed by atoms with Crippen LogP contribution >= 0.6 is 47.0 Å². The largest absolute Gasteiger partial charge is 0.545 e. The topological polar surface area (TPSA) is 80.6 Å². The molecule has 0 fully saturated rings. The molecule has 0 bridgehead atoms. The van der Waals surface area contributed by atoms with Gasteiger partial charge in [-0.3, -0.25) is 0 Å². The maximum absolute atomic E-state index is 11.3. The Bertz CT molecular complexity index is 510. The monoisotopic (exact) mass is 363 g/mol. The van der Waals surface area contributed by atoms with Gasteiger partial charge in [-0.1, -0.05) is 0 Å². The second kappa shape index (κ2) is 8.03. The number of carbonyl (C=O) groups is 1. The first-order valence-corrected chi connectivity index (χ1v) is 10.2. The third kappa shape index (κ3) is 3.68. The van der Waals surface area contributed by atoms with Gasteiger partial charge in [-0.25, -0.2) is 0 Å². The van der Waals surface area contributed by atoms with E-state index in [1.807, 2.05) is 0 Å². The van der Waals surface area contributed by atoms with Crippen LogP contribution in [0.1, 0.15) is 22.3 Å². The smallest absolute Gasteiger partial charge is 0.0738 e. The minimum atomic E-state index is -1.03. The van der Waals surface area contributed by atoms with Crippen LogP contribution in [0.3, 0.4) is 0 Å². The first-order valence-electron chi connectivity index (χ1n) is 6.26. The molecule has 2 N–H and O–H groups in total. The Hall–Kier alpha value is 0.01000. The van der Waals surface area contributed by atoms with E-state index < -0.39 is 5.97 Å². The molecule has 21 heavy (non-hydrogen) atoms. The molecule has 0 saturated heterocycles. The molecule has 0 aliphatic carbocycles. The molecule has 0 atom stereocenters. The van der Waals surface area contributed by atoms with Gasteiger partial charge in [0, 0.05) is 48.5 Å². The Kier molecular flexibility index (Phi) is 6.64. The number of thioether (sulfide) groups is 4. The molecule has 2 heterocycles. The van der Waals surface area contributed by atoms with Gasteiger partial charge in [0.15, 0.2) is 0 Å². The minimum absolute atomic E-state index is 0.0938. The molecule has 0 radical (unpaired) electrons. The van der Waals surface area contributed by atoms with E-state index in [1.165, 1.54) is 5.56 Å². The van der Waals surface area contributed by atoms with Crippen molar-refractivity contribution >= 4 is 53.0 Å². The van der Waals surface area contributed by atoms with Gasteiger partial charge < -0.3 is 20.1 Å². The Labute approximate surface area is 140 Å². The normalized spacial score (nSPS) is 15.2. The Morgan fingerprint density at radius 1 is 1.00 bits per heavy atom. The fourth-order valence-corrected chi connectivity index (χ4v) is 7.47. The minimum Gasteiger partial charge on any atom is -0.545 e. The summed E-state index contributed by atoms with van der Waals surface area (Å²) in [5.41, 5.74) is 1.68. The van der Waals surface area contributed by atoms with Crippen molar-refractivity contribution in [1.29, 1.82) is 0 Å². The van der Waals surface area contributed by atoms with Crippen LogP contribution in [0.4, 0.5) is 0 Å². The summed E-state index contributed by atoms with van der Waals surface area (Å²) < 4.78 is 0. The van der Waals surface area contributed by atoms with Crippen molar-refractivity contribution in [2.75, 3.05) is 23.4 Å². The number of fused-ring (bicyclic) bond motifs is 2. The van der Waals surface area contributed by atoms with Crippen molar-refractivity contribution < 1.29 is 20.1 Å². The number of benzene rings is 1. The number of carbonyl (C=O) groups excluding carboxylic acids is 1. The number of aliphatic hydroxyl groups is 2. The highest BCUT2D eigenvalue weighted by Crippen LogP contribution is 2.55. The number of carboxylic acids is 1. The summed E-state index contributed by atoms with van der Waals surface area (Å²) in [5.74, 6) is -1.03. The number of aliphatic hydroxyl groups excluding tert-OH is 2.